The first-order valence-corrected chi connectivity index (χ1v) is 18.2. The summed E-state index contributed by atoms with van der Waals surface area (Å²) in [5.41, 5.74) is 12.8. The van der Waals surface area contributed by atoms with Crippen molar-refractivity contribution in [2.45, 2.75) is 76.2 Å². The molecule has 0 heterocycles. The molecule has 1 aliphatic carbocycles. The smallest absolute Gasteiger partial charge is 0.206 e. The van der Waals surface area contributed by atoms with Gasteiger partial charge in [0.1, 0.15) is 6.54 Å². The fourth-order valence-corrected chi connectivity index (χ4v) is 6.74. The number of anilines is 2. The minimum atomic E-state index is 0.576. The second-order valence-corrected chi connectivity index (χ2v) is 15.8. The molecule has 3 aromatic rings. The lowest BCUT2D eigenvalue weighted by atomic mass is 9.82. The van der Waals surface area contributed by atoms with Crippen LogP contribution in [0.3, 0.4) is 0 Å². The van der Waals surface area contributed by atoms with Crippen LogP contribution < -0.4 is 14.8 Å². The monoisotopic (exact) mass is 632 g/mol. The maximum atomic E-state index is 3.73. The standard InChI is InChI=1S/C44H61N3/c1-30(2)25-45-43-23-22-42(40-14-12-13-15-41(40)43)44(36-16-18-37(19-17-36)46(26-31(3)4)27-32(5)6)39-21-20-38(24-35(39)11)47(28-33(7)8)29-34(9)10/h12-24,30-34H,25-29H2,1-11H3/p+1/b44-42-,45-43?. The van der Waals surface area contributed by atoms with Gasteiger partial charge >= 0.3 is 0 Å². The molecule has 0 bridgehead atoms. The summed E-state index contributed by atoms with van der Waals surface area (Å²) in [5.74, 6) is 3.00. The minimum Gasteiger partial charge on any atom is -0.371 e. The number of aryl methyl sites for hydroxylation is 1. The molecule has 3 aromatic carbocycles. The normalized spacial score (nSPS) is 15.0. The average molecular weight is 633 g/mol. The average Bonchev–Trinajstić information content (AvgIpc) is 3.00. The van der Waals surface area contributed by atoms with Gasteiger partial charge in [-0.1, -0.05) is 106 Å². The minimum absolute atomic E-state index is 0.576. The maximum Gasteiger partial charge on any atom is 0.206 e. The van der Waals surface area contributed by atoms with Gasteiger partial charge in [-0.3, -0.25) is 0 Å². The number of hydrogen-bond donors (Lipinski definition) is 1. The van der Waals surface area contributed by atoms with E-state index in [1.807, 2.05) is 0 Å². The molecule has 0 saturated carbocycles. The SMILES string of the molecule is Cc1cc(N(CC(C)C)CC(C)C)ccc1/C(=C1/C=CC(=[NH+]CC(C)C)c2ccccc21)c1ccc(N(CC(C)C)CC(C)C)cc1. The molecular formula is C44H62N3+. The lowest BCUT2D eigenvalue weighted by Crippen LogP contribution is -2.74. The highest BCUT2D eigenvalue weighted by atomic mass is 15.1. The largest absolute Gasteiger partial charge is 0.371 e. The molecule has 4 rings (SSSR count). The zero-order valence-electron chi connectivity index (χ0n) is 31.3. The summed E-state index contributed by atoms with van der Waals surface area (Å²) in [6.45, 7) is 30.6. The van der Waals surface area contributed by atoms with Crippen molar-refractivity contribution in [1.29, 1.82) is 0 Å². The first-order chi connectivity index (χ1) is 22.3. The first kappa shape index (κ1) is 36.2. The molecule has 3 nitrogen and oxygen atoms in total. The van der Waals surface area contributed by atoms with Crippen LogP contribution in [0.25, 0.3) is 11.1 Å². The first-order valence-electron chi connectivity index (χ1n) is 18.2. The highest BCUT2D eigenvalue weighted by Crippen LogP contribution is 2.39. The van der Waals surface area contributed by atoms with Crippen LogP contribution in [0.4, 0.5) is 11.4 Å². The second-order valence-electron chi connectivity index (χ2n) is 15.8. The van der Waals surface area contributed by atoms with Gasteiger partial charge < -0.3 is 9.80 Å². The maximum absolute atomic E-state index is 3.73. The van der Waals surface area contributed by atoms with Crippen LogP contribution in [0.5, 0.6) is 0 Å². The molecule has 0 amide bonds. The summed E-state index contributed by atoms with van der Waals surface area (Å²) in [5, 5.41) is 0. The van der Waals surface area contributed by atoms with E-state index in [2.05, 4.69) is 170 Å². The van der Waals surface area contributed by atoms with Gasteiger partial charge in [-0.2, -0.15) is 0 Å². The summed E-state index contributed by atoms with van der Waals surface area (Å²) in [4.78, 5) is 8.86. The van der Waals surface area contributed by atoms with Gasteiger partial charge in [-0.25, -0.2) is 4.99 Å². The molecule has 1 aliphatic rings. The van der Waals surface area contributed by atoms with Gasteiger partial charge in [-0.15, -0.1) is 0 Å². The van der Waals surface area contributed by atoms with Gasteiger partial charge in [0.05, 0.1) is 5.56 Å². The molecule has 0 aromatic heterocycles. The molecule has 47 heavy (non-hydrogen) atoms. The predicted molar refractivity (Wildman–Crippen MR) is 208 cm³/mol. The Morgan fingerprint density at radius 2 is 1.09 bits per heavy atom. The molecule has 0 fully saturated rings. The van der Waals surface area contributed by atoms with E-state index in [0.29, 0.717) is 29.6 Å². The van der Waals surface area contributed by atoms with E-state index in [1.165, 1.54) is 56.0 Å². The Hall–Kier alpha value is -3.59. The van der Waals surface area contributed by atoms with E-state index >= 15 is 0 Å². The summed E-state index contributed by atoms with van der Waals surface area (Å²) >= 11 is 0. The summed E-state index contributed by atoms with van der Waals surface area (Å²) in [7, 11) is 0. The molecule has 0 aliphatic heterocycles. The molecule has 3 heteroatoms. The van der Waals surface area contributed by atoms with Crippen LogP contribution >= 0.6 is 0 Å². The number of rotatable bonds is 14. The summed E-state index contributed by atoms with van der Waals surface area (Å²) in [6.07, 6.45) is 4.63. The molecule has 0 spiro atoms. The third-order valence-electron chi connectivity index (χ3n) is 8.60. The van der Waals surface area contributed by atoms with Gasteiger partial charge in [0.25, 0.3) is 0 Å². The number of fused-ring (bicyclic) bond motifs is 1. The second kappa shape index (κ2) is 16.5. The highest BCUT2D eigenvalue weighted by molar-refractivity contribution is 6.17. The van der Waals surface area contributed by atoms with Crippen LogP contribution in [-0.4, -0.2) is 38.4 Å². The molecule has 252 valence electrons. The lowest BCUT2D eigenvalue weighted by molar-refractivity contribution is -0.463. The number of benzene rings is 3. The van der Waals surface area contributed by atoms with Crippen molar-refractivity contribution < 1.29 is 4.99 Å². The highest BCUT2D eigenvalue weighted by Gasteiger charge is 2.24. The van der Waals surface area contributed by atoms with Crippen LogP contribution in [0, 0.1) is 36.5 Å². The molecule has 0 atom stereocenters. The summed E-state index contributed by atoms with van der Waals surface area (Å²) < 4.78 is 0. The van der Waals surface area contributed by atoms with Gasteiger partial charge in [0.2, 0.25) is 5.71 Å². The number of nitrogens with one attached hydrogen (secondary N) is 1. The number of allylic oxidation sites excluding steroid dienone is 3. The van der Waals surface area contributed by atoms with Crippen molar-refractivity contribution in [2.24, 2.45) is 29.6 Å². The van der Waals surface area contributed by atoms with Crippen molar-refractivity contribution in [3.8, 4) is 0 Å². The zero-order valence-corrected chi connectivity index (χ0v) is 31.3. The molecular weight excluding hydrogens is 571 g/mol. The van der Waals surface area contributed by atoms with Crippen LogP contribution in [0.15, 0.2) is 78.9 Å². The van der Waals surface area contributed by atoms with E-state index in [-0.39, 0.29) is 0 Å². The fourth-order valence-electron chi connectivity index (χ4n) is 6.74. The topological polar surface area (TPSA) is 20.5 Å². The molecule has 0 unspecified atom stereocenters. The van der Waals surface area contributed by atoms with Crippen LogP contribution in [-0.2, 0) is 0 Å². The van der Waals surface area contributed by atoms with Gasteiger partial charge in [-0.05, 0) is 100 Å². The Morgan fingerprint density at radius 3 is 1.60 bits per heavy atom. The van der Waals surface area contributed by atoms with E-state index in [9.17, 15) is 0 Å². The Morgan fingerprint density at radius 1 is 0.574 bits per heavy atom. The van der Waals surface area contributed by atoms with E-state index < -0.39 is 0 Å². The van der Waals surface area contributed by atoms with Crippen molar-refractivity contribution in [2.75, 3.05) is 42.5 Å². The Bertz CT molecular complexity index is 1530. The third-order valence-corrected chi connectivity index (χ3v) is 8.60. The predicted octanol–water partition coefficient (Wildman–Crippen LogP) is 9.29. The molecule has 0 saturated heterocycles. The lowest BCUT2D eigenvalue weighted by Gasteiger charge is -2.30. The van der Waals surface area contributed by atoms with Gasteiger partial charge in [0.15, 0.2) is 0 Å². The van der Waals surface area contributed by atoms with E-state index in [0.717, 1.165) is 32.7 Å². The summed E-state index contributed by atoms with van der Waals surface area (Å²) in [6, 6.07) is 25.5. The Kier molecular flexibility index (Phi) is 12.7. The fraction of sp³-hybridized carbons (Fsp3) is 0.477. The zero-order chi connectivity index (χ0) is 34.2. The molecule has 1 N–H and O–H groups in total. The van der Waals surface area contributed by atoms with Gasteiger partial charge in [0, 0.05) is 49.5 Å². The Balaban J connectivity index is 1.91. The van der Waals surface area contributed by atoms with Crippen molar-refractivity contribution in [3.05, 3.63) is 107 Å². The Labute approximate surface area is 287 Å². The van der Waals surface area contributed by atoms with Crippen LogP contribution in [0.2, 0.25) is 0 Å². The third kappa shape index (κ3) is 9.72. The van der Waals surface area contributed by atoms with Crippen molar-refractivity contribution in [3.63, 3.8) is 0 Å². The van der Waals surface area contributed by atoms with E-state index in [4.69, 9.17) is 0 Å². The quantitative estimate of drug-likeness (QED) is 0.191. The van der Waals surface area contributed by atoms with E-state index in [1.54, 1.807) is 0 Å². The number of hydrogen-bond acceptors (Lipinski definition) is 2. The van der Waals surface area contributed by atoms with Crippen molar-refractivity contribution >= 4 is 28.2 Å². The van der Waals surface area contributed by atoms with Crippen LogP contribution in [0.1, 0.15) is 97.1 Å². The van der Waals surface area contributed by atoms with Crippen molar-refractivity contribution in [1.82, 2.24) is 0 Å². The molecule has 0 radical (unpaired) electrons. The number of nitrogens with zero attached hydrogens (tertiary/aromatic N) is 2.